The summed E-state index contributed by atoms with van der Waals surface area (Å²) in [6.07, 6.45) is 0. The molecule has 20 heavy (non-hydrogen) atoms. The third-order valence-corrected chi connectivity index (χ3v) is 3.09. The molecular formula is C16H18N2O2. The highest BCUT2D eigenvalue weighted by atomic mass is 16.3. The van der Waals surface area contributed by atoms with Crippen molar-refractivity contribution in [1.29, 1.82) is 0 Å². The van der Waals surface area contributed by atoms with E-state index in [0.29, 0.717) is 11.1 Å². The van der Waals surface area contributed by atoms with Gasteiger partial charge in [0.15, 0.2) is 0 Å². The number of aryl methyl sites for hydroxylation is 1. The fourth-order valence-corrected chi connectivity index (χ4v) is 1.96. The van der Waals surface area contributed by atoms with Crippen LogP contribution in [-0.2, 0) is 0 Å². The molecule has 1 amide bonds. The van der Waals surface area contributed by atoms with E-state index in [4.69, 9.17) is 0 Å². The Hall–Kier alpha value is -2.49. The summed E-state index contributed by atoms with van der Waals surface area (Å²) in [4.78, 5) is 14.2. The van der Waals surface area contributed by atoms with Gasteiger partial charge in [0.2, 0.25) is 0 Å². The number of phenolic OH excluding ortho intramolecular Hbond substituents is 1. The van der Waals surface area contributed by atoms with Crippen LogP contribution in [0, 0.1) is 6.92 Å². The van der Waals surface area contributed by atoms with Crippen molar-refractivity contribution in [2.75, 3.05) is 24.3 Å². The molecule has 0 fully saturated rings. The first-order valence-electron chi connectivity index (χ1n) is 6.36. The molecule has 2 N–H and O–H groups in total. The zero-order chi connectivity index (χ0) is 14.7. The number of hydrogen-bond acceptors (Lipinski definition) is 3. The molecule has 104 valence electrons. The van der Waals surface area contributed by atoms with Crippen LogP contribution in [0.1, 0.15) is 15.9 Å². The lowest BCUT2D eigenvalue weighted by molar-refractivity contribution is 0.102. The van der Waals surface area contributed by atoms with Crippen molar-refractivity contribution in [3.05, 3.63) is 53.6 Å². The minimum Gasteiger partial charge on any atom is -0.508 e. The summed E-state index contributed by atoms with van der Waals surface area (Å²) in [7, 11) is 3.85. The number of hydrogen-bond donors (Lipinski definition) is 2. The molecule has 4 heteroatoms. The second kappa shape index (κ2) is 5.65. The lowest BCUT2D eigenvalue weighted by Gasteiger charge is -2.17. The van der Waals surface area contributed by atoms with Crippen LogP contribution in [0.4, 0.5) is 11.4 Å². The molecule has 2 aromatic rings. The van der Waals surface area contributed by atoms with Crippen LogP contribution in [0.15, 0.2) is 42.5 Å². The minimum absolute atomic E-state index is 0.190. The second-order valence-electron chi connectivity index (χ2n) is 4.87. The molecule has 0 spiro atoms. The van der Waals surface area contributed by atoms with E-state index in [9.17, 15) is 9.90 Å². The first kappa shape index (κ1) is 13.9. The van der Waals surface area contributed by atoms with E-state index in [1.165, 1.54) is 6.07 Å². The molecule has 0 aromatic heterocycles. The van der Waals surface area contributed by atoms with Crippen LogP contribution >= 0.6 is 0 Å². The highest BCUT2D eigenvalue weighted by Gasteiger charge is 2.10. The van der Waals surface area contributed by atoms with Gasteiger partial charge in [0.1, 0.15) is 5.75 Å². The number of nitrogens with one attached hydrogen (secondary N) is 1. The van der Waals surface area contributed by atoms with Gasteiger partial charge in [-0.1, -0.05) is 12.1 Å². The van der Waals surface area contributed by atoms with Gasteiger partial charge in [-0.05, 0) is 42.8 Å². The van der Waals surface area contributed by atoms with Crippen molar-refractivity contribution in [1.82, 2.24) is 0 Å². The number of carbonyl (C=O) groups excluding carboxylic acids is 1. The summed E-state index contributed by atoms with van der Waals surface area (Å²) in [6.45, 7) is 1.76. The predicted octanol–water partition coefficient (Wildman–Crippen LogP) is 3.02. The molecule has 2 rings (SSSR count). The highest BCUT2D eigenvalue weighted by molar-refractivity contribution is 6.06. The Balaban J connectivity index is 2.26. The van der Waals surface area contributed by atoms with E-state index in [1.54, 1.807) is 19.1 Å². The largest absolute Gasteiger partial charge is 0.508 e. The molecule has 2 aromatic carbocycles. The molecular weight excluding hydrogens is 252 g/mol. The van der Waals surface area contributed by atoms with Crippen molar-refractivity contribution in [2.24, 2.45) is 0 Å². The molecule has 0 radical (unpaired) electrons. The maximum Gasteiger partial charge on any atom is 0.255 e. The van der Waals surface area contributed by atoms with E-state index < -0.39 is 0 Å². The Bertz CT molecular complexity index is 636. The first-order chi connectivity index (χ1) is 9.49. The number of carbonyl (C=O) groups is 1. The number of aromatic hydroxyl groups is 1. The predicted molar refractivity (Wildman–Crippen MR) is 81.6 cm³/mol. The Morgan fingerprint density at radius 2 is 1.85 bits per heavy atom. The number of benzene rings is 2. The summed E-state index contributed by atoms with van der Waals surface area (Å²) in [6, 6.07) is 12.4. The third-order valence-electron chi connectivity index (χ3n) is 3.09. The lowest BCUT2D eigenvalue weighted by Crippen LogP contribution is -2.16. The quantitative estimate of drug-likeness (QED) is 0.901. The Labute approximate surface area is 118 Å². The minimum atomic E-state index is -0.192. The van der Waals surface area contributed by atoms with Gasteiger partial charge < -0.3 is 15.3 Å². The van der Waals surface area contributed by atoms with Crippen molar-refractivity contribution >= 4 is 17.3 Å². The fraction of sp³-hybridized carbons (Fsp3) is 0.188. The highest BCUT2D eigenvalue weighted by Crippen LogP contribution is 2.24. The monoisotopic (exact) mass is 270 g/mol. The molecule has 0 unspecified atom stereocenters. The van der Waals surface area contributed by atoms with Crippen LogP contribution in [0.25, 0.3) is 0 Å². The van der Waals surface area contributed by atoms with E-state index in [0.717, 1.165) is 11.4 Å². The average Bonchev–Trinajstić information content (AvgIpc) is 2.42. The zero-order valence-corrected chi connectivity index (χ0v) is 11.8. The van der Waals surface area contributed by atoms with E-state index in [1.807, 2.05) is 43.3 Å². The van der Waals surface area contributed by atoms with Crippen molar-refractivity contribution < 1.29 is 9.90 Å². The Kier molecular flexibility index (Phi) is 3.94. The van der Waals surface area contributed by atoms with Crippen molar-refractivity contribution in [2.45, 2.75) is 6.92 Å². The van der Waals surface area contributed by atoms with Crippen LogP contribution < -0.4 is 10.2 Å². The average molecular weight is 270 g/mol. The van der Waals surface area contributed by atoms with Crippen LogP contribution in [0.2, 0.25) is 0 Å². The van der Waals surface area contributed by atoms with Gasteiger partial charge in [-0.3, -0.25) is 4.79 Å². The van der Waals surface area contributed by atoms with Gasteiger partial charge in [-0.25, -0.2) is 0 Å². The molecule has 0 bridgehead atoms. The van der Waals surface area contributed by atoms with Gasteiger partial charge in [-0.15, -0.1) is 0 Å². The number of para-hydroxylation sites is 2. The molecule has 0 heterocycles. The van der Waals surface area contributed by atoms with E-state index in [2.05, 4.69) is 5.32 Å². The fourth-order valence-electron chi connectivity index (χ4n) is 1.96. The lowest BCUT2D eigenvalue weighted by atomic mass is 10.1. The zero-order valence-electron chi connectivity index (χ0n) is 11.8. The number of nitrogens with zero attached hydrogens (tertiary/aromatic N) is 1. The van der Waals surface area contributed by atoms with Crippen LogP contribution in [0.5, 0.6) is 5.75 Å². The van der Waals surface area contributed by atoms with E-state index in [-0.39, 0.29) is 11.7 Å². The van der Waals surface area contributed by atoms with Crippen LogP contribution in [-0.4, -0.2) is 25.1 Å². The van der Waals surface area contributed by atoms with Crippen molar-refractivity contribution in [3.8, 4) is 5.75 Å². The molecule has 0 aliphatic carbocycles. The number of phenols is 1. The number of rotatable bonds is 3. The first-order valence-corrected chi connectivity index (χ1v) is 6.36. The Morgan fingerprint density at radius 3 is 2.50 bits per heavy atom. The number of anilines is 2. The molecule has 0 aliphatic rings. The molecule has 0 atom stereocenters. The second-order valence-corrected chi connectivity index (χ2v) is 4.87. The standard InChI is InChI=1S/C16H18N2O2/c1-11-10-12(8-9-15(11)19)16(20)17-13-6-4-5-7-14(13)18(2)3/h4-10,19H,1-3H3,(H,17,20). The van der Waals surface area contributed by atoms with Gasteiger partial charge in [0.05, 0.1) is 11.4 Å². The van der Waals surface area contributed by atoms with Gasteiger partial charge in [0.25, 0.3) is 5.91 Å². The maximum absolute atomic E-state index is 12.2. The molecule has 0 saturated heterocycles. The number of amides is 1. The van der Waals surface area contributed by atoms with E-state index >= 15 is 0 Å². The third kappa shape index (κ3) is 2.91. The van der Waals surface area contributed by atoms with Gasteiger partial charge >= 0.3 is 0 Å². The normalized spacial score (nSPS) is 10.2. The van der Waals surface area contributed by atoms with Gasteiger partial charge in [0, 0.05) is 19.7 Å². The van der Waals surface area contributed by atoms with Gasteiger partial charge in [-0.2, -0.15) is 0 Å². The van der Waals surface area contributed by atoms with Crippen LogP contribution in [0.3, 0.4) is 0 Å². The molecule has 0 saturated carbocycles. The smallest absolute Gasteiger partial charge is 0.255 e. The molecule has 4 nitrogen and oxygen atoms in total. The summed E-state index contributed by atoms with van der Waals surface area (Å²) < 4.78 is 0. The molecule has 0 aliphatic heterocycles. The summed E-state index contributed by atoms with van der Waals surface area (Å²) in [5, 5.41) is 12.4. The summed E-state index contributed by atoms with van der Waals surface area (Å²) >= 11 is 0. The topological polar surface area (TPSA) is 52.6 Å². The Morgan fingerprint density at radius 1 is 1.15 bits per heavy atom. The summed E-state index contributed by atoms with van der Waals surface area (Å²) in [5.74, 6) is -0.00218. The maximum atomic E-state index is 12.2. The van der Waals surface area contributed by atoms with Crippen molar-refractivity contribution in [3.63, 3.8) is 0 Å². The summed E-state index contributed by atoms with van der Waals surface area (Å²) in [5.41, 5.74) is 2.90. The SMILES string of the molecule is Cc1cc(C(=O)Nc2ccccc2N(C)C)ccc1O.